The molecule has 0 unspecified atom stereocenters. The lowest BCUT2D eigenvalue weighted by Gasteiger charge is -2.09. The molecule has 2 N–H and O–H groups in total. The van der Waals surface area contributed by atoms with Crippen molar-refractivity contribution in [2.75, 3.05) is 19.7 Å². The molecule has 0 bridgehead atoms. The SMILES string of the molecule is C=CS(=O)(=O)NCCNC(=O)COc1ccc(Cl)cc1Cl. The number of nitrogens with one attached hydrogen (secondary N) is 2. The molecular weight excluding hydrogens is 339 g/mol. The minimum Gasteiger partial charge on any atom is -0.482 e. The van der Waals surface area contributed by atoms with E-state index < -0.39 is 15.9 Å². The maximum atomic E-state index is 11.5. The van der Waals surface area contributed by atoms with E-state index >= 15 is 0 Å². The first-order valence-corrected chi connectivity index (χ1v) is 8.11. The Labute approximate surface area is 133 Å². The Bertz CT molecular complexity index is 620. The number of carbonyl (C=O) groups excluding carboxylic acids is 1. The van der Waals surface area contributed by atoms with Crippen LogP contribution in [0, 0.1) is 0 Å². The van der Waals surface area contributed by atoms with Crippen molar-refractivity contribution in [3.05, 3.63) is 40.2 Å². The number of carbonyl (C=O) groups is 1. The quantitative estimate of drug-likeness (QED) is 0.695. The molecule has 0 spiro atoms. The zero-order chi connectivity index (χ0) is 15.9. The summed E-state index contributed by atoms with van der Waals surface area (Å²) in [5.74, 6) is -0.0672. The molecule has 116 valence electrons. The highest BCUT2D eigenvalue weighted by atomic mass is 35.5. The molecule has 1 rings (SSSR count). The van der Waals surface area contributed by atoms with Gasteiger partial charge in [0.25, 0.3) is 5.91 Å². The van der Waals surface area contributed by atoms with Gasteiger partial charge in [-0.05, 0) is 18.2 Å². The van der Waals surface area contributed by atoms with E-state index in [0.717, 1.165) is 5.41 Å². The topological polar surface area (TPSA) is 84.5 Å². The van der Waals surface area contributed by atoms with Gasteiger partial charge in [0.2, 0.25) is 10.0 Å². The highest BCUT2D eigenvalue weighted by molar-refractivity contribution is 7.92. The lowest BCUT2D eigenvalue weighted by Crippen LogP contribution is -2.36. The molecule has 0 saturated heterocycles. The summed E-state index contributed by atoms with van der Waals surface area (Å²) in [4.78, 5) is 11.5. The van der Waals surface area contributed by atoms with E-state index in [2.05, 4.69) is 16.6 Å². The van der Waals surface area contributed by atoms with Crippen LogP contribution in [-0.4, -0.2) is 34.0 Å². The average Bonchev–Trinajstić information content (AvgIpc) is 2.43. The van der Waals surface area contributed by atoms with Gasteiger partial charge in [-0.25, -0.2) is 13.1 Å². The average molecular weight is 353 g/mol. The Morgan fingerprint density at radius 2 is 2.05 bits per heavy atom. The van der Waals surface area contributed by atoms with Crippen LogP contribution in [0.3, 0.4) is 0 Å². The predicted molar refractivity (Wildman–Crippen MR) is 82.1 cm³/mol. The summed E-state index contributed by atoms with van der Waals surface area (Å²) in [6.07, 6.45) is 0. The first-order chi connectivity index (χ1) is 9.84. The second-order valence-corrected chi connectivity index (χ2v) is 6.38. The Kier molecular flexibility index (Phi) is 6.97. The standard InChI is InChI=1S/C12H14Cl2N2O4S/c1-2-21(18,19)16-6-5-15-12(17)8-20-11-4-3-9(13)7-10(11)14/h2-4,7,16H,1,5-6,8H2,(H,15,17). The molecule has 21 heavy (non-hydrogen) atoms. The number of hydrogen-bond acceptors (Lipinski definition) is 4. The van der Waals surface area contributed by atoms with Crippen molar-refractivity contribution in [3.8, 4) is 5.75 Å². The summed E-state index contributed by atoms with van der Waals surface area (Å²) in [5.41, 5.74) is 0. The third-order valence-corrected chi connectivity index (χ3v) is 3.80. The van der Waals surface area contributed by atoms with Crippen LogP contribution in [0.1, 0.15) is 0 Å². The van der Waals surface area contributed by atoms with Gasteiger partial charge in [-0.1, -0.05) is 29.8 Å². The molecule has 0 aliphatic heterocycles. The molecule has 0 radical (unpaired) electrons. The van der Waals surface area contributed by atoms with E-state index in [0.29, 0.717) is 15.8 Å². The molecule has 1 amide bonds. The van der Waals surface area contributed by atoms with Crippen LogP contribution in [0.5, 0.6) is 5.75 Å². The number of rotatable bonds is 8. The smallest absolute Gasteiger partial charge is 0.257 e. The van der Waals surface area contributed by atoms with Crippen molar-refractivity contribution in [2.45, 2.75) is 0 Å². The zero-order valence-corrected chi connectivity index (χ0v) is 13.3. The van der Waals surface area contributed by atoms with Gasteiger partial charge in [-0.15, -0.1) is 0 Å². The minimum atomic E-state index is -3.48. The Hall–Kier alpha value is -1.28. The van der Waals surface area contributed by atoms with Crippen molar-refractivity contribution in [1.82, 2.24) is 10.0 Å². The van der Waals surface area contributed by atoms with Gasteiger partial charge in [-0.3, -0.25) is 4.79 Å². The summed E-state index contributed by atoms with van der Waals surface area (Å²) in [7, 11) is -3.48. The van der Waals surface area contributed by atoms with Crippen LogP contribution in [0.2, 0.25) is 10.0 Å². The van der Waals surface area contributed by atoms with E-state index in [9.17, 15) is 13.2 Å². The van der Waals surface area contributed by atoms with Crippen molar-refractivity contribution < 1.29 is 17.9 Å². The zero-order valence-electron chi connectivity index (χ0n) is 10.9. The van der Waals surface area contributed by atoms with Gasteiger partial charge in [0.15, 0.2) is 6.61 Å². The predicted octanol–water partition coefficient (Wildman–Crippen LogP) is 1.55. The lowest BCUT2D eigenvalue weighted by molar-refractivity contribution is -0.123. The van der Waals surface area contributed by atoms with Crippen molar-refractivity contribution in [1.29, 1.82) is 0 Å². The maximum Gasteiger partial charge on any atom is 0.257 e. The van der Waals surface area contributed by atoms with Crippen molar-refractivity contribution >= 4 is 39.1 Å². The first-order valence-electron chi connectivity index (χ1n) is 5.80. The van der Waals surface area contributed by atoms with E-state index in [4.69, 9.17) is 27.9 Å². The highest BCUT2D eigenvalue weighted by Crippen LogP contribution is 2.27. The van der Waals surface area contributed by atoms with E-state index in [1.807, 2.05) is 0 Å². The van der Waals surface area contributed by atoms with Gasteiger partial charge in [-0.2, -0.15) is 0 Å². The molecule has 0 fully saturated rings. The van der Waals surface area contributed by atoms with Crippen LogP contribution in [0.25, 0.3) is 0 Å². The molecule has 0 saturated carbocycles. The summed E-state index contributed by atoms with van der Waals surface area (Å²) in [6, 6.07) is 4.64. The van der Waals surface area contributed by atoms with E-state index in [1.165, 1.54) is 6.07 Å². The summed E-state index contributed by atoms with van der Waals surface area (Å²) in [5, 5.41) is 4.04. The molecule has 0 aliphatic carbocycles. The van der Waals surface area contributed by atoms with Gasteiger partial charge in [0.05, 0.1) is 5.02 Å². The molecular formula is C12H14Cl2N2O4S. The highest BCUT2D eigenvalue weighted by Gasteiger charge is 2.07. The number of benzene rings is 1. The van der Waals surface area contributed by atoms with Gasteiger partial charge < -0.3 is 10.1 Å². The Morgan fingerprint density at radius 1 is 1.33 bits per heavy atom. The fraction of sp³-hybridized carbons (Fsp3) is 0.250. The Balaban J connectivity index is 2.30. The third-order valence-electron chi connectivity index (χ3n) is 2.22. The van der Waals surface area contributed by atoms with E-state index in [1.54, 1.807) is 12.1 Å². The normalized spacial score (nSPS) is 11.0. The van der Waals surface area contributed by atoms with Crippen LogP contribution in [-0.2, 0) is 14.8 Å². The number of halogens is 2. The van der Waals surface area contributed by atoms with Crippen LogP contribution in [0.15, 0.2) is 30.2 Å². The number of hydrogen-bond donors (Lipinski definition) is 2. The lowest BCUT2D eigenvalue weighted by atomic mass is 10.3. The Morgan fingerprint density at radius 3 is 2.67 bits per heavy atom. The monoisotopic (exact) mass is 352 g/mol. The van der Waals surface area contributed by atoms with Crippen LogP contribution < -0.4 is 14.8 Å². The van der Waals surface area contributed by atoms with Gasteiger partial charge >= 0.3 is 0 Å². The van der Waals surface area contributed by atoms with Crippen molar-refractivity contribution in [2.24, 2.45) is 0 Å². The van der Waals surface area contributed by atoms with E-state index in [-0.39, 0.29) is 19.7 Å². The molecule has 0 heterocycles. The molecule has 1 aromatic rings. The number of amides is 1. The molecule has 0 aliphatic rings. The molecule has 9 heteroatoms. The first kappa shape index (κ1) is 17.8. The largest absolute Gasteiger partial charge is 0.482 e. The van der Waals surface area contributed by atoms with Crippen LogP contribution in [0.4, 0.5) is 0 Å². The number of sulfonamides is 1. The molecule has 0 atom stereocenters. The second kappa shape index (κ2) is 8.23. The third kappa shape index (κ3) is 6.81. The molecule has 1 aromatic carbocycles. The second-order valence-electron chi connectivity index (χ2n) is 3.82. The maximum absolute atomic E-state index is 11.5. The fourth-order valence-corrected chi connectivity index (χ4v) is 2.21. The number of ether oxygens (including phenoxy) is 1. The summed E-state index contributed by atoms with van der Waals surface area (Å²) in [6.45, 7) is 3.09. The molecule has 6 nitrogen and oxygen atoms in total. The summed E-state index contributed by atoms with van der Waals surface area (Å²) >= 11 is 11.6. The van der Waals surface area contributed by atoms with Crippen LogP contribution >= 0.6 is 23.2 Å². The van der Waals surface area contributed by atoms with Crippen molar-refractivity contribution in [3.63, 3.8) is 0 Å². The minimum absolute atomic E-state index is 0.0573. The van der Waals surface area contributed by atoms with Gasteiger partial charge in [0.1, 0.15) is 5.75 Å². The fourth-order valence-electron chi connectivity index (χ4n) is 1.24. The van der Waals surface area contributed by atoms with Gasteiger partial charge in [0, 0.05) is 23.5 Å². The molecule has 0 aromatic heterocycles. The summed E-state index contributed by atoms with van der Waals surface area (Å²) < 4.78 is 29.5.